The molecule has 0 fully saturated rings. The van der Waals surface area contributed by atoms with E-state index in [1.165, 1.54) is 4.31 Å². The maximum atomic E-state index is 13.2. The minimum absolute atomic E-state index is 0.00391. The summed E-state index contributed by atoms with van der Waals surface area (Å²) >= 11 is 0. The van der Waals surface area contributed by atoms with Gasteiger partial charge in [-0.25, -0.2) is 8.42 Å². The third kappa shape index (κ3) is 3.21. The van der Waals surface area contributed by atoms with Gasteiger partial charge in [0.25, 0.3) is 10.0 Å². The zero-order valence-corrected chi connectivity index (χ0v) is 16.1. The van der Waals surface area contributed by atoms with Crippen LogP contribution in [0.5, 0.6) is 0 Å². The maximum Gasteiger partial charge on any atom is 0.265 e. The molecule has 1 heterocycles. The predicted octanol–water partition coefficient (Wildman–Crippen LogP) is 3.34. The predicted molar refractivity (Wildman–Crippen MR) is 104 cm³/mol. The number of amides is 1. The number of hydrogen-bond acceptors (Lipinski definition) is 3. The van der Waals surface area contributed by atoms with Crippen LogP contribution in [0, 0.1) is 0 Å². The van der Waals surface area contributed by atoms with Crippen LogP contribution >= 0.6 is 0 Å². The van der Waals surface area contributed by atoms with Crippen molar-refractivity contribution < 1.29 is 13.2 Å². The average molecular weight is 372 g/mol. The van der Waals surface area contributed by atoms with Crippen LogP contribution in [-0.2, 0) is 21.2 Å². The van der Waals surface area contributed by atoms with Gasteiger partial charge in [-0.3, -0.25) is 9.10 Å². The van der Waals surface area contributed by atoms with Crippen LogP contribution in [0.3, 0.4) is 0 Å². The number of carbonyl (C=O) groups is 1. The summed E-state index contributed by atoms with van der Waals surface area (Å²) in [6, 6.07) is 12.7. The first-order valence-corrected chi connectivity index (χ1v) is 10.4. The Morgan fingerprint density at radius 1 is 1.12 bits per heavy atom. The van der Waals surface area contributed by atoms with Gasteiger partial charge in [0.15, 0.2) is 0 Å². The van der Waals surface area contributed by atoms with Gasteiger partial charge in [-0.15, -0.1) is 0 Å². The van der Waals surface area contributed by atoms with Crippen LogP contribution < -0.4 is 9.62 Å². The molecule has 0 saturated carbocycles. The highest BCUT2D eigenvalue weighted by Gasteiger charge is 2.35. The van der Waals surface area contributed by atoms with E-state index < -0.39 is 10.0 Å². The third-order valence-corrected chi connectivity index (χ3v) is 6.61. The van der Waals surface area contributed by atoms with Gasteiger partial charge in [0.05, 0.1) is 10.6 Å². The van der Waals surface area contributed by atoms with Gasteiger partial charge in [0, 0.05) is 17.2 Å². The Bertz CT molecular complexity index is 938. The molecule has 2 aromatic rings. The molecule has 0 bridgehead atoms. The summed E-state index contributed by atoms with van der Waals surface area (Å²) in [4.78, 5) is 12.6. The molecule has 1 aliphatic heterocycles. The third-order valence-electron chi connectivity index (χ3n) is 4.79. The normalized spacial score (nSPS) is 15.7. The second kappa shape index (κ2) is 7.11. The van der Waals surface area contributed by atoms with Crippen LogP contribution in [0.15, 0.2) is 47.4 Å². The van der Waals surface area contributed by atoms with Crippen molar-refractivity contribution >= 4 is 21.6 Å². The molecule has 2 aromatic carbocycles. The molecule has 0 aliphatic carbocycles. The number of carbonyl (C=O) groups excluding carboxylic acids is 1. The van der Waals surface area contributed by atoms with Crippen molar-refractivity contribution in [3.63, 3.8) is 0 Å². The molecule has 0 saturated heterocycles. The standard InChI is InChI=1S/C20H24N2O3S/c1-4-14(3)21-20(23)13-22-18-11-10-15(5-2)12-17(18)16-8-6-7-9-19(16)26(22,24)25/h6-12,14H,4-5,13H2,1-3H3,(H,21,23)/t14-/m0/s1. The molecule has 1 N–H and O–H groups in total. The van der Waals surface area contributed by atoms with Crippen LogP contribution in [0.2, 0.25) is 0 Å². The molecular formula is C20H24N2O3S. The van der Waals surface area contributed by atoms with E-state index in [-0.39, 0.29) is 23.4 Å². The molecule has 0 radical (unpaired) electrons. The summed E-state index contributed by atoms with van der Waals surface area (Å²) in [6.45, 7) is 5.71. The highest BCUT2D eigenvalue weighted by atomic mass is 32.2. The van der Waals surface area contributed by atoms with E-state index in [4.69, 9.17) is 0 Å². The molecular weight excluding hydrogens is 348 g/mol. The average Bonchev–Trinajstić information content (AvgIpc) is 2.64. The van der Waals surface area contributed by atoms with Crippen LogP contribution in [0.1, 0.15) is 32.8 Å². The van der Waals surface area contributed by atoms with Crippen molar-refractivity contribution in [2.75, 3.05) is 10.8 Å². The molecule has 1 amide bonds. The molecule has 1 aliphatic rings. The van der Waals surface area contributed by atoms with Gasteiger partial charge in [0.1, 0.15) is 6.54 Å². The topological polar surface area (TPSA) is 66.5 Å². The number of rotatable bonds is 5. The van der Waals surface area contributed by atoms with E-state index in [0.717, 1.165) is 24.0 Å². The highest BCUT2D eigenvalue weighted by Crippen LogP contribution is 2.43. The van der Waals surface area contributed by atoms with Gasteiger partial charge < -0.3 is 5.32 Å². The van der Waals surface area contributed by atoms with Gasteiger partial charge in [-0.2, -0.15) is 0 Å². The molecule has 26 heavy (non-hydrogen) atoms. The lowest BCUT2D eigenvalue weighted by molar-refractivity contribution is -0.120. The minimum atomic E-state index is -3.78. The van der Waals surface area contributed by atoms with Crippen molar-refractivity contribution in [3.8, 4) is 11.1 Å². The Kier molecular flexibility index (Phi) is 5.05. The minimum Gasteiger partial charge on any atom is -0.352 e. The van der Waals surface area contributed by atoms with Crippen molar-refractivity contribution in [2.45, 2.75) is 44.6 Å². The summed E-state index contributed by atoms with van der Waals surface area (Å²) in [6.07, 6.45) is 1.65. The summed E-state index contributed by atoms with van der Waals surface area (Å²) < 4.78 is 27.5. The van der Waals surface area contributed by atoms with Crippen LogP contribution in [0.25, 0.3) is 11.1 Å². The highest BCUT2D eigenvalue weighted by molar-refractivity contribution is 7.93. The van der Waals surface area contributed by atoms with E-state index in [0.29, 0.717) is 11.3 Å². The van der Waals surface area contributed by atoms with E-state index in [9.17, 15) is 13.2 Å². The Balaban J connectivity index is 2.10. The summed E-state index contributed by atoms with van der Waals surface area (Å²) in [7, 11) is -3.78. The monoisotopic (exact) mass is 372 g/mol. The number of benzene rings is 2. The smallest absolute Gasteiger partial charge is 0.265 e. The second-order valence-electron chi connectivity index (χ2n) is 6.59. The fourth-order valence-electron chi connectivity index (χ4n) is 3.12. The molecule has 0 aromatic heterocycles. The van der Waals surface area contributed by atoms with Gasteiger partial charge in [0.2, 0.25) is 5.91 Å². The first-order valence-electron chi connectivity index (χ1n) is 8.92. The lowest BCUT2D eigenvalue weighted by Gasteiger charge is -2.32. The van der Waals surface area contributed by atoms with Crippen molar-refractivity contribution in [1.29, 1.82) is 0 Å². The molecule has 3 rings (SSSR count). The molecule has 0 spiro atoms. The van der Waals surface area contributed by atoms with Crippen LogP contribution in [0.4, 0.5) is 5.69 Å². The van der Waals surface area contributed by atoms with E-state index in [1.54, 1.807) is 18.2 Å². The first-order chi connectivity index (χ1) is 12.4. The number of nitrogens with one attached hydrogen (secondary N) is 1. The maximum absolute atomic E-state index is 13.2. The SMILES string of the molecule is CCc1ccc2c(c1)-c1ccccc1S(=O)(=O)N2CC(=O)N[C@@H](C)CC. The number of aryl methyl sites for hydroxylation is 1. The fraction of sp³-hybridized carbons (Fsp3) is 0.350. The number of anilines is 1. The molecule has 138 valence electrons. The van der Waals surface area contributed by atoms with Gasteiger partial charge in [-0.05, 0) is 43.5 Å². The number of nitrogens with zero attached hydrogens (tertiary/aromatic N) is 1. The van der Waals surface area contributed by atoms with Gasteiger partial charge >= 0.3 is 0 Å². The first kappa shape index (κ1) is 18.5. The Morgan fingerprint density at radius 2 is 1.85 bits per heavy atom. The van der Waals surface area contributed by atoms with Crippen LogP contribution in [-0.4, -0.2) is 26.9 Å². The molecule has 5 nitrogen and oxygen atoms in total. The Morgan fingerprint density at radius 3 is 2.54 bits per heavy atom. The number of sulfonamides is 1. The zero-order valence-electron chi connectivity index (χ0n) is 15.3. The molecule has 0 unspecified atom stereocenters. The zero-order chi connectivity index (χ0) is 18.9. The summed E-state index contributed by atoms with van der Waals surface area (Å²) in [5.74, 6) is -0.298. The Hall–Kier alpha value is -2.34. The van der Waals surface area contributed by atoms with E-state index >= 15 is 0 Å². The van der Waals surface area contributed by atoms with E-state index in [2.05, 4.69) is 12.2 Å². The summed E-state index contributed by atoms with van der Waals surface area (Å²) in [5, 5.41) is 2.85. The Labute approximate surface area is 155 Å². The van der Waals surface area contributed by atoms with Crippen molar-refractivity contribution in [1.82, 2.24) is 5.32 Å². The van der Waals surface area contributed by atoms with Crippen molar-refractivity contribution in [2.24, 2.45) is 0 Å². The second-order valence-corrected chi connectivity index (χ2v) is 8.42. The largest absolute Gasteiger partial charge is 0.352 e. The fourth-order valence-corrected chi connectivity index (χ4v) is 4.77. The lowest BCUT2D eigenvalue weighted by Crippen LogP contribution is -2.44. The lowest BCUT2D eigenvalue weighted by atomic mass is 9.99. The summed E-state index contributed by atoms with van der Waals surface area (Å²) in [5.41, 5.74) is 3.23. The number of fused-ring (bicyclic) bond motifs is 3. The molecule has 6 heteroatoms. The molecule has 1 atom stereocenters. The quantitative estimate of drug-likeness (QED) is 0.875. The van der Waals surface area contributed by atoms with Gasteiger partial charge in [-0.1, -0.05) is 38.1 Å². The number of hydrogen-bond donors (Lipinski definition) is 1. The van der Waals surface area contributed by atoms with Crippen molar-refractivity contribution in [3.05, 3.63) is 48.0 Å². The van der Waals surface area contributed by atoms with E-state index in [1.807, 2.05) is 38.1 Å².